The fourth-order valence-corrected chi connectivity index (χ4v) is 2.14. The van der Waals surface area contributed by atoms with Gasteiger partial charge in [0.05, 0.1) is 6.61 Å². The van der Waals surface area contributed by atoms with Gasteiger partial charge in [-0.3, -0.25) is 0 Å². The lowest BCUT2D eigenvalue weighted by atomic mass is 10.1. The predicted octanol–water partition coefficient (Wildman–Crippen LogP) is 4.43. The Morgan fingerprint density at radius 2 is 1.83 bits per heavy atom. The van der Waals surface area contributed by atoms with Gasteiger partial charge < -0.3 is 9.16 Å². The molecule has 1 aromatic rings. The molecule has 0 aliphatic carbocycles. The van der Waals surface area contributed by atoms with Gasteiger partial charge in [-0.05, 0) is 37.7 Å². The van der Waals surface area contributed by atoms with E-state index in [1.54, 1.807) is 0 Å². The molecule has 2 nitrogen and oxygen atoms in total. The average molecular weight is 262 g/mol. The number of allylic oxidation sites excluding steroid dienone is 2. The van der Waals surface area contributed by atoms with Gasteiger partial charge in [-0.15, -0.1) is 0 Å². The van der Waals surface area contributed by atoms with Gasteiger partial charge in [0.15, 0.2) is 0 Å². The molecule has 0 saturated carbocycles. The summed E-state index contributed by atoms with van der Waals surface area (Å²) >= 11 is 0. The third-order valence-corrected chi connectivity index (χ3v) is 2.94. The van der Waals surface area contributed by atoms with Crippen LogP contribution >= 0.6 is 0 Å². The van der Waals surface area contributed by atoms with Crippen LogP contribution in [0.15, 0.2) is 48.9 Å². The second kappa shape index (κ2) is 6.45. The summed E-state index contributed by atoms with van der Waals surface area (Å²) in [6.45, 7) is 13.0. The molecule has 3 heteroatoms. The molecule has 0 aliphatic rings. The number of hydrogen-bond donors (Lipinski definition) is 0. The Balaban J connectivity index is 2.85. The first kappa shape index (κ1) is 14.6. The Kier molecular flexibility index (Phi) is 5.22. The van der Waals surface area contributed by atoms with Crippen molar-refractivity contribution in [2.75, 3.05) is 6.61 Å². The van der Waals surface area contributed by atoms with E-state index < -0.39 is 8.32 Å². The van der Waals surface area contributed by atoms with E-state index in [0.29, 0.717) is 12.6 Å². The second-order valence-corrected chi connectivity index (χ2v) is 9.43. The Morgan fingerprint density at radius 3 is 2.33 bits per heavy atom. The summed E-state index contributed by atoms with van der Waals surface area (Å²) in [5, 5.41) is 0. The lowest BCUT2D eigenvalue weighted by Gasteiger charge is -2.21. The molecule has 0 aliphatic heterocycles. The fraction of sp³-hybridized carbons (Fsp3) is 0.333. The van der Waals surface area contributed by atoms with Crippen LogP contribution < -0.4 is 0 Å². The monoisotopic (exact) mass is 262 g/mol. The van der Waals surface area contributed by atoms with E-state index in [4.69, 9.17) is 9.16 Å². The molecule has 1 aromatic carbocycles. The lowest BCUT2D eigenvalue weighted by molar-refractivity contribution is 0.113. The van der Waals surface area contributed by atoms with Crippen molar-refractivity contribution in [3.63, 3.8) is 0 Å². The largest absolute Gasteiger partial charge is 0.520 e. The molecule has 0 spiro atoms. The molecule has 98 valence electrons. The number of rotatable bonds is 6. The Bertz CT molecular complexity index is 416. The van der Waals surface area contributed by atoms with Crippen molar-refractivity contribution < 1.29 is 9.16 Å². The first-order valence-electron chi connectivity index (χ1n) is 6.20. The second-order valence-electron chi connectivity index (χ2n) is 5.00. The van der Waals surface area contributed by atoms with Crippen LogP contribution in [0.5, 0.6) is 0 Å². The molecule has 0 amide bonds. The van der Waals surface area contributed by atoms with Crippen LogP contribution in [0.1, 0.15) is 12.5 Å². The molecule has 0 aromatic heterocycles. The minimum atomic E-state index is -1.66. The highest BCUT2D eigenvalue weighted by molar-refractivity contribution is 6.70. The molecule has 0 atom stereocenters. The molecule has 0 fully saturated rings. The standard InChI is InChI=1S/C15H22O2Si/c1-6-16-15(17-18(3,4)5)12-13(2)14-10-8-7-9-11-14/h7-12H,2,6H2,1,3-5H3/b15-12-. The van der Waals surface area contributed by atoms with Crippen molar-refractivity contribution in [1.82, 2.24) is 0 Å². The Morgan fingerprint density at radius 1 is 1.22 bits per heavy atom. The van der Waals surface area contributed by atoms with Crippen LogP contribution in [-0.4, -0.2) is 14.9 Å². The first-order valence-corrected chi connectivity index (χ1v) is 9.61. The van der Waals surface area contributed by atoms with Gasteiger partial charge in [-0.2, -0.15) is 0 Å². The van der Waals surface area contributed by atoms with Gasteiger partial charge in [0.25, 0.3) is 5.95 Å². The summed E-state index contributed by atoms with van der Waals surface area (Å²) < 4.78 is 11.4. The highest BCUT2D eigenvalue weighted by Crippen LogP contribution is 2.19. The van der Waals surface area contributed by atoms with Crippen LogP contribution in [0, 0.1) is 0 Å². The summed E-state index contributed by atoms with van der Waals surface area (Å²) in [6.07, 6.45) is 1.87. The van der Waals surface area contributed by atoms with Crippen LogP contribution in [0.25, 0.3) is 5.57 Å². The van der Waals surface area contributed by atoms with Crippen LogP contribution in [0.3, 0.4) is 0 Å². The first-order chi connectivity index (χ1) is 8.42. The van der Waals surface area contributed by atoms with E-state index in [1.165, 1.54) is 0 Å². The molecule has 1 rings (SSSR count). The van der Waals surface area contributed by atoms with E-state index in [-0.39, 0.29) is 0 Å². The van der Waals surface area contributed by atoms with E-state index >= 15 is 0 Å². The van der Waals surface area contributed by atoms with E-state index in [2.05, 4.69) is 26.2 Å². The molecule has 0 radical (unpaired) electrons. The van der Waals surface area contributed by atoms with Crippen molar-refractivity contribution in [1.29, 1.82) is 0 Å². The average Bonchev–Trinajstić information content (AvgIpc) is 2.28. The van der Waals surface area contributed by atoms with Crippen molar-refractivity contribution in [2.45, 2.75) is 26.6 Å². The van der Waals surface area contributed by atoms with Crippen molar-refractivity contribution in [3.8, 4) is 0 Å². The third-order valence-electron chi connectivity index (χ3n) is 2.13. The van der Waals surface area contributed by atoms with E-state index in [9.17, 15) is 0 Å². The van der Waals surface area contributed by atoms with Crippen molar-refractivity contribution >= 4 is 13.9 Å². The predicted molar refractivity (Wildman–Crippen MR) is 79.6 cm³/mol. The smallest absolute Gasteiger partial charge is 0.265 e. The maximum absolute atomic E-state index is 5.89. The molecule has 0 bridgehead atoms. The number of hydrogen-bond acceptors (Lipinski definition) is 2. The highest BCUT2D eigenvalue weighted by atomic mass is 28.4. The molecule has 0 N–H and O–H groups in total. The quantitative estimate of drug-likeness (QED) is 0.429. The SMILES string of the molecule is C=C(/C=C(/OCC)O[Si](C)(C)C)c1ccccc1. The number of benzene rings is 1. The number of ether oxygens (including phenoxy) is 1. The van der Waals surface area contributed by atoms with Gasteiger partial charge >= 0.3 is 0 Å². The molecule has 0 unspecified atom stereocenters. The van der Waals surface area contributed by atoms with Crippen molar-refractivity contribution in [3.05, 3.63) is 54.5 Å². The minimum absolute atomic E-state index is 0.575. The summed E-state index contributed by atoms with van der Waals surface area (Å²) in [5.74, 6) is 0.575. The molecular weight excluding hydrogens is 240 g/mol. The lowest BCUT2D eigenvalue weighted by Crippen LogP contribution is -2.25. The minimum Gasteiger partial charge on any atom is -0.520 e. The molecular formula is C15H22O2Si. The van der Waals surface area contributed by atoms with Gasteiger partial charge in [0.1, 0.15) is 0 Å². The van der Waals surface area contributed by atoms with Gasteiger partial charge in [-0.1, -0.05) is 36.9 Å². The third kappa shape index (κ3) is 5.23. The topological polar surface area (TPSA) is 18.5 Å². The maximum Gasteiger partial charge on any atom is 0.265 e. The van der Waals surface area contributed by atoms with Gasteiger partial charge in [-0.25, -0.2) is 0 Å². The summed E-state index contributed by atoms with van der Waals surface area (Å²) in [6, 6.07) is 10.0. The van der Waals surface area contributed by atoms with Crippen molar-refractivity contribution in [2.24, 2.45) is 0 Å². The van der Waals surface area contributed by atoms with Crippen LogP contribution in [0.4, 0.5) is 0 Å². The summed E-state index contributed by atoms with van der Waals surface area (Å²) in [5.41, 5.74) is 1.98. The van der Waals surface area contributed by atoms with E-state index in [1.807, 2.05) is 43.3 Å². The normalized spacial score (nSPS) is 12.1. The zero-order chi connectivity index (χ0) is 13.6. The van der Waals surface area contributed by atoms with E-state index in [0.717, 1.165) is 11.1 Å². The molecule has 18 heavy (non-hydrogen) atoms. The summed E-state index contributed by atoms with van der Waals surface area (Å²) in [7, 11) is -1.66. The van der Waals surface area contributed by atoms with Crippen LogP contribution in [-0.2, 0) is 9.16 Å². The fourth-order valence-electron chi connectivity index (χ4n) is 1.42. The molecule has 0 saturated heterocycles. The zero-order valence-electron chi connectivity index (χ0n) is 11.7. The summed E-state index contributed by atoms with van der Waals surface area (Å²) in [4.78, 5) is 0. The van der Waals surface area contributed by atoms with Gasteiger partial charge in [0.2, 0.25) is 8.32 Å². The van der Waals surface area contributed by atoms with Gasteiger partial charge in [0, 0.05) is 6.08 Å². The van der Waals surface area contributed by atoms with Crippen LogP contribution in [0.2, 0.25) is 19.6 Å². The highest BCUT2D eigenvalue weighted by Gasteiger charge is 2.18. The Hall–Kier alpha value is -1.48. The molecule has 0 heterocycles. The zero-order valence-corrected chi connectivity index (χ0v) is 12.7. The maximum atomic E-state index is 5.89. The Labute approximate surface area is 111 Å².